The van der Waals surface area contributed by atoms with Crippen molar-refractivity contribution in [1.29, 1.82) is 0 Å². The number of ether oxygens (including phenoxy) is 1. The number of aromatic nitrogens is 2. The molecule has 5 nitrogen and oxygen atoms in total. The van der Waals surface area contributed by atoms with Gasteiger partial charge in [0.1, 0.15) is 5.82 Å². The quantitative estimate of drug-likeness (QED) is 0.648. The summed E-state index contributed by atoms with van der Waals surface area (Å²) in [6.07, 6.45) is 1.23. The average Bonchev–Trinajstić information content (AvgIpc) is 2.03. The molecular weight excluding hydrogens is 182 g/mol. The van der Waals surface area contributed by atoms with Crippen LogP contribution in [0.1, 0.15) is 10.5 Å². The number of halogens is 1. The predicted octanol–water partition coefficient (Wildman–Crippen LogP) is 0.499. The number of carbonyl (C=O) groups is 1. The van der Waals surface area contributed by atoms with Crippen molar-refractivity contribution in [3.05, 3.63) is 17.0 Å². The highest BCUT2D eigenvalue weighted by atomic mass is 35.5. The summed E-state index contributed by atoms with van der Waals surface area (Å²) in [7, 11) is 1.23. The summed E-state index contributed by atoms with van der Waals surface area (Å²) in [5.74, 6) is -0.472. The van der Waals surface area contributed by atoms with E-state index in [0.29, 0.717) is 0 Å². The van der Waals surface area contributed by atoms with Gasteiger partial charge in [0.15, 0.2) is 10.8 Å². The summed E-state index contributed by atoms with van der Waals surface area (Å²) in [4.78, 5) is 18.2. The molecule has 0 amide bonds. The molecule has 0 atom stereocenters. The molecule has 0 aliphatic carbocycles. The summed E-state index contributed by atoms with van der Waals surface area (Å²) in [6, 6.07) is 0. The first-order chi connectivity index (χ1) is 5.65. The van der Waals surface area contributed by atoms with Crippen LogP contribution in [0.15, 0.2) is 6.20 Å². The smallest absolute Gasteiger partial charge is 0.359 e. The van der Waals surface area contributed by atoms with E-state index in [2.05, 4.69) is 14.7 Å². The van der Waals surface area contributed by atoms with Gasteiger partial charge in [0, 0.05) is 0 Å². The van der Waals surface area contributed by atoms with E-state index in [1.165, 1.54) is 13.3 Å². The van der Waals surface area contributed by atoms with E-state index < -0.39 is 5.97 Å². The van der Waals surface area contributed by atoms with Gasteiger partial charge in [0.2, 0.25) is 0 Å². The number of rotatable bonds is 1. The van der Waals surface area contributed by atoms with Gasteiger partial charge >= 0.3 is 5.97 Å². The number of nitrogens with zero attached hydrogens (tertiary/aromatic N) is 2. The highest BCUT2D eigenvalue weighted by Gasteiger charge is 2.13. The van der Waals surface area contributed by atoms with Crippen LogP contribution in [-0.4, -0.2) is 23.0 Å². The Kier molecular flexibility index (Phi) is 2.44. The molecule has 0 spiro atoms. The van der Waals surface area contributed by atoms with Crippen LogP contribution in [0.4, 0.5) is 5.82 Å². The Hall–Kier alpha value is -1.36. The van der Waals surface area contributed by atoms with E-state index >= 15 is 0 Å². The number of hydrogen-bond donors (Lipinski definition) is 1. The molecule has 12 heavy (non-hydrogen) atoms. The molecule has 1 aromatic rings. The fraction of sp³-hybridized carbons (Fsp3) is 0.167. The van der Waals surface area contributed by atoms with Crippen molar-refractivity contribution in [3.63, 3.8) is 0 Å². The highest BCUT2D eigenvalue weighted by Crippen LogP contribution is 2.12. The van der Waals surface area contributed by atoms with Gasteiger partial charge in [-0.2, -0.15) is 0 Å². The van der Waals surface area contributed by atoms with Gasteiger partial charge in [0.05, 0.1) is 13.3 Å². The van der Waals surface area contributed by atoms with Crippen LogP contribution in [0.3, 0.4) is 0 Å². The molecule has 1 aromatic heterocycles. The van der Waals surface area contributed by atoms with Crippen molar-refractivity contribution in [2.45, 2.75) is 0 Å². The highest BCUT2D eigenvalue weighted by molar-refractivity contribution is 6.32. The molecule has 0 unspecified atom stereocenters. The molecule has 2 N–H and O–H groups in total. The van der Waals surface area contributed by atoms with E-state index in [1.54, 1.807) is 0 Å². The molecule has 0 bridgehead atoms. The molecule has 0 aromatic carbocycles. The van der Waals surface area contributed by atoms with Crippen molar-refractivity contribution < 1.29 is 9.53 Å². The third-order valence-electron chi connectivity index (χ3n) is 1.13. The van der Waals surface area contributed by atoms with Crippen LogP contribution in [0.2, 0.25) is 5.15 Å². The fourth-order valence-electron chi connectivity index (χ4n) is 0.613. The van der Waals surface area contributed by atoms with Gasteiger partial charge in [-0.15, -0.1) is 0 Å². The standard InChI is InChI=1S/C6H6ClN3O2/c1-12-6(11)4-5(7)10-3(8)2-9-4/h2H,1H3,(H2,8,10). The Morgan fingerprint density at radius 2 is 2.42 bits per heavy atom. The first-order valence-corrected chi connectivity index (χ1v) is 3.39. The minimum Gasteiger partial charge on any atom is -0.464 e. The monoisotopic (exact) mass is 187 g/mol. The van der Waals surface area contributed by atoms with Crippen LogP contribution in [-0.2, 0) is 4.74 Å². The Bertz CT molecular complexity index is 316. The van der Waals surface area contributed by atoms with Crippen LogP contribution >= 0.6 is 11.6 Å². The molecule has 0 saturated heterocycles. The van der Waals surface area contributed by atoms with Crippen molar-refractivity contribution in [2.75, 3.05) is 12.8 Å². The van der Waals surface area contributed by atoms with Gasteiger partial charge in [-0.3, -0.25) is 0 Å². The molecule has 6 heteroatoms. The molecule has 64 valence electrons. The number of anilines is 1. The number of carbonyl (C=O) groups excluding carboxylic acids is 1. The second-order valence-corrected chi connectivity index (χ2v) is 2.28. The maximum Gasteiger partial charge on any atom is 0.359 e. The van der Waals surface area contributed by atoms with Gasteiger partial charge < -0.3 is 10.5 Å². The topological polar surface area (TPSA) is 78.1 Å². The van der Waals surface area contributed by atoms with Crippen LogP contribution in [0.25, 0.3) is 0 Å². The second-order valence-electron chi connectivity index (χ2n) is 1.93. The van der Waals surface area contributed by atoms with Gasteiger partial charge in [-0.05, 0) is 0 Å². The first kappa shape index (κ1) is 8.73. The summed E-state index contributed by atoms with van der Waals surface area (Å²) >= 11 is 5.55. The summed E-state index contributed by atoms with van der Waals surface area (Å²) in [6.45, 7) is 0. The third-order valence-corrected chi connectivity index (χ3v) is 1.39. The predicted molar refractivity (Wildman–Crippen MR) is 42.8 cm³/mol. The summed E-state index contributed by atoms with van der Waals surface area (Å²) in [5.41, 5.74) is 5.23. The Morgan fingerprint density at radius 3 is 2.92 bits per heavy atom. The lowest BCUT2D eigenvalue weighted by molar-refractivity contribution is 0.0594. The molecular formula is C6H6ClN3O2. The van der Waals surface area contributed by atoms with E-state index in [0.717, 1.165) is 0 Å². The molecule has 1 rings (SSSR count). The molecule has 1 heterocycles. The second kappa shape index (κ2) is 3.36. The summed E-state index contributed by atoms with van der Waals surface area (Å²) < 4.78 is 4.39. The number of methoxy groups -OCH3 is 1. The maximum absolute atomic E-state index is 10.9. The molecule has 0 fully saturated rings. The SMILES string of the molecule is COC(=O)c1ncc(N)nc1Cl. The number of nitrogen functional groups attached to an aromatic ring is 1. The van der Waals surface area contributed by atoms with Crippen LogP contribution in [0.5, 0.6) is 0 Å². The number of esters is 1. The lowest BCUT2D eigenvalue weighted by Gasteiger charge is -1.99. The van der Waals surface area contributed by atoms with Gasteiger partial charge in [-0.1, -0.05) is 11.6 Å². The number of nitrogens with two attached hydrogens (primary N) is 1. The number of hydrogen-bond acceptors (Lipinski definition) is 5. The molecule has 0 radical (unpaired) electrons. The first-order valence-electron chi connectivity index (χ1n) is 3.01. The molecule has 0 aliphatic heterocycles. The molecule has 0 aliphatic rings. The maximum atomic E-state index is 10.9. The van der Waals surface area contributed by atoms with Gasteiger partial charge in [-0.25, -0.2) is 14.8 Å². The minimum atomic E-state index is -0.632. The van der Waals surface area contributed by atoms with E-state index in [4.69, 9.17) is 17.3 Å². The van der Waals surface area contributed by atoms with Crippen LogP contribution in [0, 0.1) is 0 Å². The van der Waals surface area contributed by atoms with E-state index in [1.807, 2.05) is 0 Å². The third kappa shape index (κ3) is 1.62. The van der Waals surface area contributed by atoms with E-state index in [9.17, 15) is 4.79 Å². The Labute approximate surface area is 73.5 Å². The normalized spacial score (nSPS) is 9.50. The van der Waals surface area contributed by atoms with Crippen LogP contribution < -0.4 is 5.73 Å². The zero-order valence-electron chi connectivity index (χ0n) is 6.24. The van der Waals surface area contributed by atoms with E-state index in [-0.39, 0.29) is 16.7 Å². The Balaban J connectivity index is 3.09. The van der Waals surface area contributed by atoms with Crippen molar-refractivity contribution in [3.8, 4) is 0 Å². The van der Waals surface area contributed by atoms with Gasteiger partial charge in [0.25, 0.3) is 0 Å². The average molecular weight is 188 g/mol. The zero-order chi connectivity index (χ0) is 9.14. The minimum absolute atomic E-state index is 0.0339. The molecule has 0 saturated carbocycles. The fourth-order valence-corrected chi connectivity index (χ4v) is 0.836. The van der Waals surface area contributed by atoms with Crippen molar-refractivity contribution in [1.82, 2.24) is 9.97 Å². The largest absolute Gasteiger partial charge is 0.464 e. The Morgan fingerprint density at radius 1 is 1.75 bits per heavy atom. The van der Waals surface area contributed by atoms with Crippen molar-refractivity contribution in [2.24, 2.45) is 0 Å². The zero-order valence-corrected chi connectivity index (χ0v) is 7.00. The summed E-state index contributed by atoms with van der Waals surface area (Å²) in [5, 5.41) is -0.0538. The lowest BCUT2D eigenvalue weighted by Crippen LogP contribution is -2.07. The van der Waals surface area contributed by atoms with Crippen molar-refractivity contribution >= 4 is 23.4 Å². The lowest BCUT2D eigenvalue weighted by atomic mass is 10.4.